The normalized spacial score (nSPS) is 15.1. The first-order valence-electron chi connectivity index (χ1n) is 9.16. The lowest BCUT2D eigenvalue weighted by molar-refractivity contribution is -0.384. The molecule has 0 aromatic heterocycles. The number of nitro groups is 1. The van der Waals surface area contributed by atoms with E-state index in [1.54, 1.807) is 6.07 Å². The minimum Gasteiger partial charge on any atom is -0.351 e. The van der Waals surface area contributed by atoms with Crippen LogP contribution in [0.1, 0.15) is 11.1 Å². The molecule has 0 radical (unpaired) electrons. The second kappa shape index (κ2) is 10.2. The third-order valence-electron chi connectivity index (χ3n) is 4.29. The Kier molecular flexibility index (Phi) is 7.39. The van der Waals surface area contributed by atoms with Crippen molar-refractivity contribution in [1.29, 1.82) is 0 Å². The monoisotopic (exact) mass is 475 g/mol. The van der Waals surface area contributed by atoms with Crippen molar-refractivity contribution >= 4 is 58.3 Å². The molecule has 0 saturated carbocycles. The Labute approximate surface area is 190 Å². The molecule has 11 heteroatoms. The Morgan fingerprint density at radius 2 is 2.00 bits per heavy atom. The fourth-order valence-corrected chi connectivity index (χ4v) is 3.78. The molecular weight excluding hydrogens is 461 g/mol. The molecule has 1 N–H and O–H groups in total. The summed E-state index contributed by atoms with van der Waals surface area (Å²) in [6.07, 6.45) is 3.84. The molecule has 0 spiro atoms. The van der Waals surface area contributed by atoms with Gasteiger partial charge in [0.2, 0.25) is 5.91 Å². The first-order chi connectivity index (χ1) is 15.3. The lowest BCUT2D eigenvalue weighted by Gasteiger charge is -2.12. The third-order valence-corrected chi connectivity index (χ3v) is 5.52. The first kappa shape index (κ1) is 23.2. The van der Waals surface area contributed by atoms with Crippen LogP contribution < -0.4 is 5.32 Å². The van der Waals surface area contributed by atoms with E-state index in [-0.39, 0.29) is 34.3 Å². The number of hydrogen-bond donors (Lipinski definition) is 1. The first-order valence-corrected chi connectivity index (χ1v) is 10.4. The van der Waals surface area contributed by atoms with Gasteiger partial charge in [-0.15, -0.1) is 0 Å². The van der Waals surface area contributed by atoms with Gasteiger partial charge in [0.15, 0.2) is 0 Å². The van der Waals surface area contributed by atoms with Crippen LogP contribution in [0.25, 0.3) is 12.2 Å². The minimum atomic E-state index is -0.644. The van der Waals surface area contributed by atoms with Gasteiger partial charge in [-0.3, -0.25) is 29.4 Å². The van der Waals surface area contributed by atoms with Gasteiger partial charge in [0, 0.05) is 30.8 Å². The number of benzene rings is 2. The zero-order valence-corrected chi connectivity index (χ0v) is 17.9. The van der Waals surface area contributed by atoms with E-state index in [4.69, 9.17) is 11.6 Å². The smallest absolute Gasteiger partial charge is 0.293 e. The number of carbonyl (C=O) groups is 3. The van der Waals surface area contributed by atoms with Crippen molar-refractivity contribution in [3.05, 3.63) is 85.5 Å². The number of carbonyl (C=O) groups excluding carboxylic acids is 3. The summed E-state index contributed by atoms with van der Waals surface area (Å²) in [5, 5.41) is 13.0. The number of thioether (sulfide) groups is 1. The number of rotatable bonds is 7. The highest BCUT2D eigenvalue weighted by atomic mass is 35.5. The Balaban J connectivity index is 1.59. The molecule has 1 aliphatic rings. The van der Waals surface area contributed by atoms with E-state index in [2.05, 4.69) is 5.32 Å². The van der Waals surface area contributed by atoms with Crippen LogP contribution in [0.2, 0.25) is 5.02 Å². The lowest BCUT2D eigenvalue weighted by atomic mass is 10.2. The molecule has 1 heterocycles. The van der Waals surface area contributed by atoms with Gasteiger partial charge in [0.05, 0.1) is 9.83 Å². The van der Waals surface area contributed by atoms with Crippen molar-refractivity contribution in [1.82, 2.24) is 10.2 Å². The predicted octanol–water partition coefficient (Wildman–Crippen LogP) is 4.25. The Morgan fingerprint density at radius 1 is 1.25 bits per heavy atom. The van der Waals surface area contributed by atoms with E-state index in [1.165, 1.54) is 48.6 Å². The molecule has 2 aromatic carbocycles. The zero-order chi connectivity index (χ0) is 23.3. The van der Waals surface area contributed by atoms with Crippen LogP contribution in [-0.4, -0.2) is 40.0 Å². The summed E-state index contributed by atoms with van der Waals surface area (Å²) in [4.78, 5) is 48.0. The largest absolute Gasteiger partial charge is 0.351 e. The number of hydrogen-bond acceptors (Lipinski definition) is 6. The highest BCUT2D eigenvalue weighted by molar-refractivity contribution is 8.18. The van der Waals surface area contributed by atoms with Crippen molar-refractivity contribution in [2.24, 2.45) is 0 Å². The number of amides is 3. The van der Waals surface area contributed by atoms with Crippen LogP contribution in [0, 0.1) is 15.9 Å². The standard InChI is InChI=1S/C21H15ClFN3O5S/c22-15-7-5-13(11-17(15)26(30)31)12-18-20(28)25(21(29)32-18)10-9-24-19(27)8-6-14-3-1-2-4-16(14)23/h1-8,11-12H,9-10H2,(H,24,27)/b8-6+,18-12-. The summed E-state index contributed by atoms with van der Waals surface area (Å²) in [6, 6.07) is 9.99. The number of nitrogens with one attached hydrogen (secondary N) is 1. The topological polar surface area (TPSA) is 110 Å². The second-order valence-corrected chi connectivity index (χ2v) is 7.85. The van der Waals surface area contributed by atoms with Crippen molar-refractivity contribution < 1.29 is 23.7 Å². The molecule has 2 aromatic rings. The number of nitro benzene ring substituents is 1. The molecule has 8 nitrogen and oxygen atoms in total. The fraction of sp³-hybridized carbons (Fsp3) is 0.0952. The fourth-order valence-electron chi connectivity index (χ4n) is 2.73. The minimum absolute atomic E-state index is 0.00180. The Hall–Kier alpha value is -3.50. The molecular formula is C21H15ClFN3O5S. The van der Waals surface area contributed by atoms with E-state index in [0.717, 1.165) is 11.0 Å². The van der Waals surface area contributed by atoms with Crippen LogP contribution in [0.3, 0.4) is 0 Å². The maximum atomic E-state index is 13.5. The molecule has 32 heavy (non-hydrogen) atoms. The Morgan fingerprint density at radius 3 is 2.72 bits per heavy atom. The molecule has 1 saturated heterocycles. The van der Waals surface area contributed by atoms with Gasteiger partial charge in [-0.2, -0.15) is 0 Å². The van der Waals surface area contributed by atoms with Gasteiger partial charge in [-0.25, -0.2) is 4.39 Å². The van der Waals surface area contributed by atoms with Gasteiger partial charge in [0.25, 0.3) is 16.8 Å². The van der Waals surface area contributed by atoms with Gasteiger partial charge in [-0.05, 0) is 41.6 Å². The Bertz CT molecular complexity index is 1170. The number of nitrogens with zero attached hydrogens (tertiary/aromatic N) is 2. The van der Waals surface area contributed by atoms with Crippen LogP contribution >= 0.6 is 23.4 Å². The van der Waals surface area contributed by atoms with Crippen LogP contribution in [0.5, 0.6) is 0 Å². The van der Waals surface area contributed by atoms with Gasteiger partial charge >= 0.3 is 0 Å². The van der Waals surface area contributed by atoms with Crippen molar-refractivity contribution in [2.45, 2.75) is 0 Å². The van der Waals surface area contributed by atoms with Gasteiger partial charge < -0.3 is 5.32 Å². The highest BCUT2D eigenvalue weighted by Gasteiger charge is 2.34. The lowest BCUT2D eigenvalue weighted by Crippen LogP contribution is -2.36. The molecule has 3 amide bonds. The molecule has 164 valence electrons. The highest BCUT2D eigenvalue weighted by Crippen LogP contribution is 2.33. The van der Waals surface area contributed by atoms with Crippen LogP contribution in [-0.2, 0) is 9.59 Å². The maximum absolute atomic E-state index is 13.5. The van der Waals surface area contributed by atoms with E-state index in [1.807, 2.05) is 0 Å². The van der Waals surface area contributed by atoms with E-state index < -0.39 is 27.8 Å². The van der Waals surface area contributed by atoms with Crippen molar-refractivity contribution in [3.63, 3.8) is 0 Å². The van der Waals surface area contributed by atoms with Gasteiger partial charge in [-0.1, -0.05) is 35.9 Å². The maximum Gasteiger partial charge on any atom is 0.293 e. The van der Waals surface area contributed by atoms with E-state index in [9.17, 15) is 28.9 Å². The van der Waals surface area contributed by atoms with E-state index >= 15 is 0 Å². The molecule has 0 bridgehead atoms. The molecule has 1 fully saturated rings. The molecule has 0 atom stereocenters. The second-order valence-electron chi connectivity index (χ2n) is 6.45. The summed E-state index contributed by atoms with van der Waals surface area (Å²) >= 11 is 6.47. The zero-order valence-electron chi connectivity index (χ0n) is 16.3. The van der Waals surface area contributed by atoms with Crippen molar-refractivity contribution in [2.75, 3.05) is 13.1 Å². The van der Waals surface area contributed by atoms with Crippen LogP contribution in [0.4, 0.5) is 14.9 Å². The summed E-state index contributed by atoms with van der Waals surface area (Å²) in [5.74, 6) is -1.55. The number of halogens is 2. The quantitative estimate of drug-likeness (QED) is 0.364. The summed E-state index contributed by atoms with van der Waals surface area (Å²) < 4.78 is 13.5. The van der Waals surface area contributed by atoms with Crippen LogP contribution in [0.15, 0.2) is 53.4 Å². The summed E-state index contributed by atoms with van der Waals surface area (Å²) in [6.45, 7) is -0.0692. The van der Waals surface area contributed by atoms with E-state index in [0.29, 0.717) is 17.3 Å². The summed E-state index contributed by atoms with van der Waals surface area (Å²) in [7, 11) is 0. The average molecular weight is 476 g/mol. The third kappa shape index (κ3) is 5.59. The SMILES string of the molecule is O=C(/C=C/c1ccccc1F)NCCN1C(=O)S/C(=C\c2ccc(Cl)c([N+](=O)[O-])c2)C1=O. The molecule has 0 aliphatic carbocycles. The molecule has 3 rings (SSSR count). The van der Waals surface area contributed by atoms with Crippen molar-refractivity contribution in [3.8, 4) is 0 Å². The summed E-state index contributed by atoms with van der Waals surface area (Å²) in [5.41, 5.74) is 0.283. The number of imide groups is 1. The average Bonchev–Trinajstić information content (AvgIpc) is 3.01. The predicted molar refractivity (Wildman–Crippen MR) is 119 cm³/mol. The molecule has 0 unspecified atom stereocenters. The molecule has 1 aliphatic heterocycles. The van der Waals surface area contributed by atoms with Gasteiger partial charge in [0.1, 0.15) is 10.8 Å².